The molecule has 1 aromatic carbocycles. The molecule has 0 atom stereocenters. The minimum Gasteiger partial charge on any atom is -0.408 e. The van der Waals surface area contributed by atoms with Crippen molar-refractivity contribution in [1.29, 1.82) is 0 Å². The van der Waals surface area contributed by atoms with Gasteiger partial charge in [-0.1, -0.05) is 19.0 Å². The molecule has 0 amide bonds. The summed E-state index contributed by atoms with van der Waals surface area (Å²) in [7, 11) is -3.62. The van der Waals surface area contributed by atoms with Crippen molar-refractivity contribution >= 4 is 21.1 Å². The van der Waals surface area contributed by atoms with Crippen LogP contribution in [0.3, 0.4) is 0 Å². The number of rotatable bonds is 5. The van der Waals surface area contributed by atoms with Crippen LogP contribution in [0.5, 0.6) is 0 Å². The predicted molar refractivity (Wildman–Crippen MR) is 100 cm³/mol. The molecule has 1 saturated heterocycles. The van der Waals surface area contributed by atoms with E-state index in [1.807, 2.05) is 6.92 Å². The van der Waals surface area contributed by atoms with Crippen LogP contribution in [-0.2, 0) is 23.0 Å². The van der Waals surface area contributed by atoms with E-state index in [1.165, 1.54) is 21.0 Å². The van der Waals surface area contributed by atoms with E-state index in [0.717, 1.165) is 12.8 Å². The molecular weight excluding hydrogens is 384 g/mol. The maximum absolute atomic E-state index is 12.9. The van der Waals surface area contributed by atoms with Gasteiger partial charge in [-0.15, -0.1) is 0 Å². The Hall–Kier alpha value is -2.46. The molecule has 1 fully saturated rings. The van der Waals surface area contributed by atoms with Gasteiger partial charge in [-0.25, -0.2) is 13.2 Å². The van der Waals surface area contributed by atoms with Crippen molar-refractivity contribution in [3.8, 4) is 0 Å². The quantitative estimate of drug-likeness (QED) is 0.637. The molecule has 0 saturated carbocycles. The van der Waals surface area contributed by atoms with Gasteiger partial charge in [-0.2, -0.15) is 9.29 Å². The number of fused-ring (bicyclic) bond motifs is 1. The molecule has 1 aliphatic heterocycles. The fraction of sp³-hybridized carbons (Fsp3) is 0.500. The molecule has 0 N–H and O–H groups in total. The van der Waals surface area contributed by atoms with Crippen molar-refractivity contribution in [3.63, 3.8) is 0 Å². The lowest BCUT2D eigenvalue weighted by molar-refractivity contribution is 0.288. The first-order valence-corrected chi connectivity index (χ1v) is 10.8. The van der Waals surface area contributed by atoms with Crippen LogP contribution in [0.1, 0.15) is 38.4 Å². The highest BCUT2D eigenvalue weighted by molar-refractivity contribution is 7.89. The van der Waals surface area contributed by atoms with E-state index in [1.54, 1.807) is 6.07 Å². The Bertz CT molecular complexity index is 1150. The zero-order chi connectivity index (χ0) is 19.9. The highest BCUT2D eigenvalue weighted by Gasteiger charge is 2.28. The normalized spacial score (nSPS) is 16.8. The van der Waals surface area contributed by atoms with E-state index >= 15 is 0 Å². The van der Waals surface area contributed by atoms with Gasteiger partial charge in [0.2, 0.25) is 15.9 Å². The van der Waals surface area contributed by atoms with E-state index in [4.69, 9.17) is 8.94 Å². The van der Waals surface area contributed by atoms with Crippen LogP contribution in [0, 0.1) is 5.92 Å². The number of aromatic nitrogens is 3. The molecule has 0 unspecified atom stereocenters. The molecule has 3 aromatic rings. The monoisotopic (exact) mass is 406 g/mol. The van der Waals surface area contributed by atoms with Crippen molar-refractivity contribution in [2.75, 3.05) is 13.1 Å². The van der Waals surface area contributed by atoms with Gasteiger partial charge in [0.15, 0.2) is 11.4 Å². The zero-order valence-corrected chi connectivity index (χ0v) is 16.6. The standard InChI is InChI=1S/C18H22N4O5S/c1-3-17-19-16(20-27-17)11-22-14-5-4-13(10-15(14)26-18(22)23)28(24,25)21-8-6-12(2)7-9-21/h4-5,10,12H,3,6-9,11H2,1-2H3. The van der Waals surface area contributed by atoms with Gasteiger partial charge in [0.05, 0.1) is 17.0 Å². The molecule has 10 heteroatoms. The Balaban J connectivity index is 1.66. The van der Waals surface area contributed by atoms with Crippen molar-refractivity contribution in [1.82, 2.24) is 19.0 Å². The second-order valence-electron chi connectivity index (χ2n) is 7.13. The largest absolute Gasteiger partial charge is 0.420 e. The van der Waals surface area contributed by atoms with E-state index in [9.17, 15) is 13.2 Å². The van der Waals surface area contributed by atoms with Crippen molar-refractivity contribution in [2.45, 2.75) is 44.6 Å². The molecule has 9 nitrogen and oxygen atoms in total. The highest BCUT2D eigenvalue weighted by atomic mass is 32.2. The number of oxazole rings is 1. The summed E-state index contributed by atoms with van der Waals surface area (Å²) in [4.78, 5) is 16.6. The summed E-state index contributed by atoms with van der Waals surface area (Å²) in [6, 6.07) is 4.50. The Morgan fingerprint density at radius 1 is 1.25 bits per heavy atom. The molecule has 28 heavy (non-hydrogen) atoms. The topological polar surface area (TPSA) is 111 Å². The Morgan fingerprint density at radius 3 is 2.68 bits per heavy atom. The van der Waals surface area contributed by atoms with Gasteiger partial charge >= 0.3 is 5.76 Å². The SMILES string of the molecule is CCc1nc(Cn2c(=O)oc3cc(S(=O)(=O)N4CCC(C)CC4)ccc32)no1. The summed E-state index contributed by atoms with van der Waals surface area (Å²) in [5.74, 6) is 0.777. The van der Waals surface area contributed by atoms with E-state index in [-0.39, 0.29) is 17.0 Å². The fourth-order valence-electron chi connectivity index (χ4n) is 3.37. The average molecular weight is 406 g/mol. The zero-order valence-electron chi connectivity index (χ0n) is 15.8. The molecule has 150 valence electrons. The molecule has 0 aliphatic carbocycles. The lowest BCUT2D eigenvalue weighted by Gasteiger charge is -2.29. The van der Waals surface area contributed by atoms with Crippen molar-refractivity contribution in [3.05, 3.63) is 40.5 Å². The van der Waals surface area contributed by atoms with Crippen LogP contribution in [0.25, 0.3) is 11.1 Å². The Labute approximate surface area is 162 Å². The van der Waals surface area contributed by atoms with Crippen LogP contribution in [0.4, 0.5) is 0 Å². The molecule has 4 rings (SSSR count). The first-order valence-electron chi connectivity index (χ1n) is 9.33. The summed E-state index contributed by atoms with van der Waals surface area (Å²) in [6.07, 6.45) is 2.29. The van der Waals surface area contributed by atoms with Crippen LogP contribution < -0.4 is 5.76 Å². The molecule has 1 aliphatic rings. The smallest absolute Gasteiger partial charge is 0.408 e. The minimum atomic E-state index is -3.62. The maximum atomic E-state index is 12.9. The summed E-state index contributed by atoms with van der Waals surface area (Å²) in [5.41, 5.74) is 0.703. The third-order valence-electron chi connectivity index (χ3n) is 5.13. The number of hydrogen-bond acceptors (Lipinski definition) is 7. The fourth-order valence-corrected chi connectivity index (χ4v) is 4.86. The minimum absolute atomic E-state index is 0.0887. The van der Waals surface area contributed by atoms with Crippen molar-refractivity contribution < 1.29 is 17.4 Å². The van der Waals surface area contributed by atoms with Crippen LogP contribution in [0.2, 0.25) is 0 Å². The number of aryl methyl sites for hydroxylation is 1. The maximum Gasteiger partial charge on any atom is 0.420 e. The second-order valence-corrected chi connectivity index (χ2v) is 9.07. The predicted octanol–water partition coefficient (Wildman–Crippen LogP) is 2.01. The van der Waals surface area contributed by atoms with Gasteiger partial charge in [-0.05, 0) is 30.9 Å². The molecular formula is C18H22N4O5S. The van der Waals surface area contributed by atoms with Crippen molar-refractivity contribution in [2.24, 2.45) is 5.92 Å². The number of piperidine rings is 1. The summed E-state index contributed by atoms with van der Waals surface area (Å²) in [6.45, 7) is 5.11. The number of sulfonamides is 1. The first kappa shape index (κ1) is 18.9. The van der Waals surface area contributed by atoms with E-state index in [0.29, 0.717) is 42.7 Å². The Kier molecular flexibility index (Phi) is 4.84. The second kappa shape index (κ2) is 7.17. The third-order valence-corrected chi connectivity index (χ3v) is 7.03. The average Bonchev–Trinajstić information content (AvgIpc) is 3.26. The molecule has 3 heterocycles. The van der Waals surface area contributed by atoms with Crippen LogP contribution in [0.15, 0.2) is 36.8 Å². The van der Waals surface area contributed by atoms with Gasteiger partial charge in [-0.3, -0.25) is 4.57 Å². The van der Waals surface area contributed by atoms with Crippen LogP contribution in [-0.4, -0.2) is 40.5 Å². The van der Waals surface area contributed by atoms with E-state index < -0.39 is 15.8 Å². The Morgan fingerprint density at radius 2 is 2.00 bits per heavy atom. The molecule has 2 aromatic heterocycles. The number of nitrogens with zero attached hydrogens (tertiary/aromatic N) is 4. The third kappa shape index (κ3) is 3.37. The van der Waals surface area contributed by atoms with Crippen LogP contribution >= 0.6 is 0 Å². The van der Waals surface area contributed by atoms with E-state index in [2.05, 4.69) is 17.1 Å². The summed E-state index contributed by atoms with van der Waals surface area (Å²) < 4.78 is 39.0. The van der Waals surface area contributed by atoms with Gasteiger partial charge in [0, 0.05) is 25.6 Å². The van der Waals surface area contributed by atoms with Gasteiger partial charge in [0.25, 0.3) is 0 Å². The lowest BCUT2D eigenvalue weighted by atomic mass is 10.0. The molecule has 0 spiro atoms. The molecule has 0 bridgehead atoms. The number of benzene rings is 1. The van der Waals surface area contributed by atoms with Gasteiger partial charge < -0.3 is 8.94 Å². The summed E-state index contributed by atoms with van der Waals surface area (Å²) in [5, 5.41) is 3.84. The first-order chi connectivity index (χ1) is 13.4. The lowest BCUT2D eigenvalue weighted by Crippen LogP contribution is -2.37. The number of hydrogen-bond donors (Lipinski definition) is 0. The highest BCUT2D eigenvalue weighted by Crippen LogP contribution is 2.26. The van der Waals surface area contributed by atoms with Gasteiger partial charge in [0.1, 0.15) is 0 Å². The summed E-state index contributed by atoms with van der Waals surface area (Å²) >= 11 is 0. The molecule has 0 radical (unpaired) electrons.